The van der Waals surface area contributed by atoms with Gasteiger partial charge in [0.05, 0.1) is 11.6 Å². The Morgan fingerprint density at radius 1 is 1.33 bits per heavy atom. The number of halogens is 2. The van der Waals surface area contributed by atoms with Crippen LogP contribution in [0.2, 0.25) is 5.02 Å². The summed E-state index contributed by atoms with van der Waals surface area (Å²) in [5.41, 5.74) is 0.641. The summed E-state index contributed by atoms with van der Waals surface area (Å²) in [6.45, 7) is 2.40. The Kier molecular flexibility index (Phi) is 3.94. The van der Waals surface area contributed by atoms with E-state index in [4.69, 9.17) is 16.3 Å². The number of hydrogen-bond acceptors (Lipinski definition) is 4. The maximum Gasteiger partial charge on any atom is 0.218 e. The third-order valence-corrected chi connectivity index (χ3v) is 2.42. The van der Waals surface area contributed by atoms with Crippen molar-refractivity contribution in [2.45, 2.75) is 6.92 Å². The lowest BCUT2D eigenvalue weighted by Crippen LogP contribution is -1.98. The Labute approximate surface area is 109 Å². The molecule has 2 aromatic rings. The van der Waals surface area contributed by atoms with Crippen LogP contribution in [0.4, 0.5) is 15.9 Å². The molecule has 94 valence electrons. The normalized spacial score (nSPS) is 10.2. The molecule has 18 heavy (non-hydrogen) atoms. The van der Waals surface area contributed by atoms with Crippen molar-refractivity contribution in [3.8, 4) is 5.88 Å². The Morgan fingerprint density at radius 3 is 2.89 bits per heavy atom. The topological polar surface area (TPSA) is 47.0 Å². The summed E-state index contributed by atoms with van der Waals surface area (Å²) in [7, 11) is 0. The average Bonchev–Trinajstić information content (AvgIpc) is 2.35. The average molecular weight is 268 g/mol. The molecule has 1 heterocycles. The molecule has 0 aliphatic rings. The van der Waals surface area contributed by atoms with Crippen molar-refractivity contribution in [2.24, 2.45) is 0 Å². The summed E-state index contributed by atoms with van der Waals surface area (Å²) in [5.74, 6) is 0.569. The standard InChI is InChI=1S/C12H11ClFN3O/c1-2-18-12-6-11(15-7-16-12)17-8-3-4-10(14)9(13)5-8/h3-7H,2H2,1H3,(H,15,16,17). The van der Waals surface area contributed by atoms with Gasteiger partial charge in [0.2, 0.25) is 5.88 Å². The minimum absolute atomic E-state index is 0.0547. The molecule has 0 radical (unpaired) electrons. The minimum Gasteiger partial charge on any atom is -0.478 e. The number of anilines is 2. The fourth-order valence-corrected chi connectivity index (χ4v) is 1.54. The van der Waals surface area contributed by atoms with E-state index in [0.717, 1.165) is 0 Å². The molecule has 0 amide bonds. The van der Waals surface area contributed by atoms with Gasteiger partial charge in [-0.1, -0.05) is 11.6 Å². The highest BCUT2D eigenvalue weighted by Gasteiger charge is 2.03. The quantitative estimate of drug-likeness (QED) is 0.922. The number of aromatic nitrogens is 2. The molecule has 2 rings (SSSR count). The van der Waals surface area contributed by atoms with Gasteiger partial charge < -0.3 is 10.1 Å². The van der Waals surface area contributed by atoms with Crippen LogP contribution in [-0.4, -0.2) is 16.6 Å². The zero-order valence-electron chi connectivity index (χ0n) is 9.65. The van der Waals surface area contributed by atoms with Crippen LogP contribution in [0.25, 0.3) is 0 Å². The van der Waals surface area contributed by atoms with Crippen LogP contribution in [0.1, 0.15) is 6.92 Å². The highest BCUT2D eigenvalue weighted by atomic mass is 35.5. The van der Waals surface area contributed by atoms with E-state index >= 15 is 0 Å². The molecule has 0 atom stereocenters. The van der Waals surface area contributed by atoms with E-state index in [1.165, 1.54) is 18.5 Å². The van der Waals surface area contributed by atoms with Gasteiger partial charge in [-0.15, -0.1) is 0 Å². The zero-order valence-corrected chi connectivity index (χ0v) is 10.4. The molecule has 0 spiro atoms. The first kappa shape index (κ1) is 12.6. The number of benzene rings is 1. The Morgan fingerprint density at radius 2 is 2.17 bits per heavy atom. The van der Waals surface area contributed by atoms with Gasteiger partial charge in [-0.2, -0.15) is 0 Å². The second-order valence-corrected chi connectivity index (χ2v) is 3.84. The lowest BCUT2D eigenvalue weighted by Gasteiger charge is -2.07. The van der Waals surface area contributed by atoms with E-state index in [1.54, 1.807) is 12.1 Å². The maximum absolute atomic E-state index is 13.0. The lowest BCUT2D eigenvalue weighted by molar-refractivity contribution is 0.326. The Balaban J connectivity index is 2.17. The predicted octanol–water partition coefficient (Wildman–Crippen LogP) is 3.41. The second-order valence-electron chi connectivity index (χ2n) is 3.43. The number of nitrogens with one attached hydrogen (secondary N) is 1. The van der Waals surface area contributed by atoms with E-state index in [-0.39, 0.29) is 5.02 Å². The molecule has 1 aromatic heterocycles. The smallest absolute Gasteiger partial charge is 0.218 e. The summed E-state index contributed by atoms with van der Waals surface area (Å²) >= 11 is 5.69. The molecule has 1 aromatic carbocycles. The first-order valence-corrected chi connectivity index (χ1v) is 5.73. The van der Waals surface area contributed by atoms with Crippen LogP contribution in [0.3, 0.4) is 0 Å². The van der Waals surface area contributed by atoms with Gasteiger partial charge in [-0.25, -0.2) is 14.4 Å². The fraction of sp³-hybridized carbons (Fsp3) is 0.167. The van der Waals surface area contributed by atoms with Crippen molar-refractivity contribution in [3.05, 3.63) is 41.4 Å². The maximum atomic E-state index is 13.0. The molecule has 0 aliphatic carbocycles. The monoisotopic (exact) mass is 267 g/mol. The third kappa shape index (κ3) is 3.07. The van der Waals surface area contributed by atoms with Crippen molar-refractivity contribution in [1.82, 2.24) is 9.97 Å². The van der Waals surface area contributed by atoms with E-state index in [1.807, 2.05) is 6.92 Å². The Bertz CT molecular complexity index is 551. The number of nitrogens with zero attached hydrogens (tertiary/aromatic N) is 2. The van der Waals surface area contributed by atoms with E-state index in [2.05, 4.69) is 15.3 Å². The van der Waals surface area contributed by atoms with Gasteiger partial charge >= 0.3 is 0 Å². The molecule has 1 N–H and O–H groups in total. The van der Waals surface area contributed by atoms with Crippen LogP contribution in [0.5, 0.6) is 5.88 Å². The molecular weight excluding hydrogens is 257 g/mol. The van der Waals surface area contributed by atoms with Crippen LogP contribution in [-0.2, 0) is 0 Å². The SMILES string of the molecule is CCOc1cc(Nc2ccc(F)c(Cl)c2)ncn1. The molecule has 0 unspecified atom stereocenters. The predicted molar refractivity (Wildman–Crippen MR) is 67.9 cm³/mol. The molecule has 6 heteroatoms. The largest absolute Gasteiger partial charge is 0.478 e. The van der Waals surface area contributed by atoms with Crippen LogP contribution in [0, 0.1) is 5.82 Å². The first-order chi connectivity index (χ1) is 8.69. The van der Waals surface area contributed by atoms with Crippen molar-refractivity contribution in [2.75, 3.05) is 11.9 Å². The van der Waals surface area contributed by atoms with Gasteiger partial charge in [0, 0.05) is 11.8 Å². The summed E-state index contributed by atoms with van der Waals surface area (Å²) < 4.78 is 18.2. The van der Waals surface area contributed by atoms with E-state index < -0.39 is 5.82 Å². The van der Waals surface area contributed by atoms with Crippen LogP contribution < -0.4 is 10.1 Å². The summed E-state index contributed by atoms with van der Waals surface area (Å²) in [4.78, 5) is 7.97. The zero-order chi connectivity index (χ0) is 13.0. The lowest BCUT2D eigenvalue weighted by atomic mass is 10.3. The minimum atomic E-state index is -0.458. The molecule has 0 aliphatic heterocycles. The third-order valence-electron chi connectivity index (χ3n) is 2.13. The highest BCUT2D eigenvalue weighted by Crippen LogP contribution is 2.22. The molecular formula is C12H11ClFN3O. The number of ether oxygens (including phenoxy) is 1. The molecule has 0 bridgehead atoms. The van der Waals surface area contributed by atoms with Crippen LogP contribution in [0.15, 0.2) is 30.6 Å². The van der Waals surface area contributed by atoms with Crippen molar-refractivity contribution >= 4 is 23.1 Å². The highest BCUT2D eigenvalue weighted by molar-refractivity contribution is 6.31. The van der Waals surface area contributed by atoms with Gasteiger partial charge in [-0.05, 0) is 25.1 Å². The molecule has 4 nitrogen and oxygen atoms in total. The fourth-order valence-electron chi connectivity index (χ4n) is 1.36. The second kappa shape index (κ2) is 5.64. The van der Waals surface area contributed by atoms with Gasteiger partial charge in [0.25, 0.3) is 0 Å². The van der Waals surface area contributed by atoms with Crippen molar-refractivity contribution < 1.29 is 9.13 Å². The first-order valence-electron chi connectivity index (χ1n) is 5.36. The van der Waals surface area contributed by atoms with E-state index in [9.17, 15) is 4.39 Å². The van der Waals surface area contributed by atoms with Gasteiger partial charge in [0.15, 0.2) is 0 Å². The van der Waals surface area contributed by atoms with Gasteiger partial charge in [0.1, 0.15) is 18.0 Å². The Hall–Kier alpha value is -1.88. The van der Waals surface area contributed by atoms with Crippen LogP contribution >= 0.6 is 11.6 Å². The van der Waals surface area contributed by atoms with Gasteiger partial charge in [-0.3, -0.25) is 0 Å². The van der Waals surface area contributed by atoms with E-state index in [0.29, 0.717) is 24.0 Å². The number of rotatable bonds is 4. The van der Waals surface area contributed by atoms with Crippen molar-refractivity contribution in [3.63, 3.8) is 0 Å². The summed E-state index contributed by atoms with van der Waals surface area (Å²) in [6, 6.07) is 6.00. The number of hydrogen-bond donors (Lipinski definition) is 1. The summed E-state index contributed by atoms with van der Waals surface area (Å²) in [6.07, 6.45) is 1.39. The molecule has 0 saturated carbocycles. The molecule has 0 saturated heterocycles. The summed E-state index contributed by atoms with van der Waals surface area (Å²) in [5, 5.41) is 3.04. The molecule has 0 fully saturated rings. The van der Waals surface area contributed by atoms with Crippen molar-refractivity contribution in [1.29, 1.82) is 0 Å².